The Kier molecular flexibility index (Phi) is 7.09. The third-order valence-electron chi connectivity index (χ3n) is 3.29. The highest BCUT2D eigenvalue weighted by Crippen LogP contribution is 2.26. The summed E-state index contributed by atoms with van der Waals surface area (Å²) in [5.74, 6) is 1.79. The fourth-order valence-corrected chi connectivity index (χ4v) is 1.78. The zero-order valence-electron chi connectivity index (χ0n) is 12.9. The number of carbonyl (C=O) groups excluding carboxylic acids is 1. The number of benzene rings is 1. The van der Waals surface area contributed by atoms with Gasteiger partial charge in [-0.2, -0.15) is 0 Å². The van der Waals surface area contributed by atoms with Crippen molar-refractivity contribution in [2.75, 3.05) is 27.3 Å². The Morgan fingerprint density at radius 2 is 2.05 bits per heavy atom. The van der Waals surface area contributed by atoms with E-state index < -0.39 is 0 Å². The van der Waals surface area contributed by atoms with Crippen LogP contribution in [0.4, 0.5) is 0 Å². The summed E-state index contributed by atoms with van der Waals surface area (Å²) in [6.45, 7) is 6.19. The van der Waals surface area contributed by atoms with Crippen LogP contribution in [0.2, 0.25) is 0 Å². The Morgan fingerprint density at radius 3 is 2.65 bits per heavy atom. The zero-order valence-corrected chi connectivity index (χ0v) is 12.9. The molecule has 0 amide bonds. The molecular weight excluding hydrogens is 254 g/mol. The highest BCUT2D eigenvalue weighted by molar-refractivity contribution is 5.78. The van der Waals surface area contributed by atoms with Gasteiger partial charge in [-0.1, -0.05) is 19.9 Å². The summed E-state index contributed by atoms with van der Waals surface area (Å²) in [7, 11) is 3.70. The minimum absolute atomic E-state index is 0.222. The molecule has 0 saturated carbocycles. The monoisotopic (exact) mass is 279 g/mol. The van der Waals surface area contributed by atoms with Gasteiger partial charge in [-0.05, 0) is 19.7 Å². The summed E-state index contributed by atoms with van der Waals surface area (Å²) in [5, 5.41) is 0. The molecule has 112 valence electrons. The van der Waals surface area contributed by atoms with E-state index >= 15 is 0 Å². The lowest BCUT2D eigenvalue weighted by Crippen LogP contribution is -2.17. The van der Waals surface area contributed by atoms with Gasteiger partial charge in [-0.15, -0.1) is 0 Å². The molecule has 0 fully saturated rings. The van der Waals surface area contributed by atoms with E-state index in [-0.39, 0.29) is 5.78 Å². The summed E-state index contributed by atoms with van der Waals surface area (Å²) >= 11 is 0. The largest absolute Gasteiger partial charge is 0.497 e. The topological polar surface area (TPSA) is 38.8 Å². The second-order valence-electron chi connectivity index (χ2n) is 4.79. The van der Waals surface area contributed by atoms with Crippen molar-refractivity contribution in [2.24, 2.45) is 0 Å². The van der Waals surface area contributed by atoms with Crippen LogP contribution in [0.3, 0.4) is 0 Å². The Morgan fingerprint density at radius 1 is 1.30 bits per heavy atom. The lowest BCUT2D eigenvalue weighted by atomic mass is 10.1. The molecule has 0 atom stereocenters. The number of ether oxygens (including phenoxy) is 2. The van der Waals surface area contributed by atoms with Crippen molar-refractivity contribution in [3.63, 3.8) is 0 Å². The van der Waals surface area contributed by atoms with Crippen molar-refractivity contribution in [1.82, 2.24) is 4.90 Å². The van der Waals surface area contributed by atoms with E-state index in [9.17, 15) is 4.79 Å². The van der Waals surface area contributed by atoms with Crippen molar-refractivity contribution in [3.05, 3.63) is 23.8 Å². The SMILES string of the molecule is CCC(=O)CCOc1cc(OC)ccc1CN(C)CC. The lowest BCUT2D eigenvalue weighted by molar-refractivity contribution is -0.119. The van der Waals surface area contributed by atoms with Crippen molar-refractivity contribution >= 4 is 5.78 Å². The smallest absolute Gasteiger partial charge is 0.136 e. The van der Waals surface area contributed by atoms with Crippen LogP contribution in [-0.2, 0) is 11.3 Å². The zero-order chi connectivity index (χ0) is 15.0. The standard InChI is InChI=1S/C16H25NO3/c1-5-14(18)9-10-20-16-11-15(19-4)8-7-13(16)12-17(3)6-2/h7-8,11H,5-6,9-10,12H2,1-4H3. The van der Waals surface area contributed by atoms with Gasteiger partial charge in [0.15, 0.2) is 0 Å². The number of hydrogen-bond donors (Lipinski definition) is 0. The molecule has 0 N–H and O–H groups in total. The maximum absolute atomic E-state index is 11.3. The molecular formula is C16H25NO3. The van der Waals surface area contributed by atoms with Crippen LogP contribution in [0.15, 0.2) is 18.2 Å². The highest BCUT2D eigenvalue weighted by atomic mass is 16.5. The fraction of sp³-hybridized carbons (Fsp3) is 0.562. The third kappa shape index (κ3) is 5.21. The molecule has 0 radical (unpaired) electrons. The van der Waals surface area contributed by atoms with Crippen molar-refractivity contribution in [1.29, 1.82) is 0 Å². The van der Waals surface area contributed by atoms with Gasteiger partial charge in [-0.3, -0.25) is 4.79 Å². The summed E-state index contributed by atoms with van der Waals surface area (Å²) in [5.41, 5.74) is 1.11. The predicted molar refractivity (Wildman–Crippen MR) is 80.4 cm³/mol. The first kappa shape index (κ1) is 16.5. The Balaban J connectivity index is 2.75. The maximum Gasteiger partial charge on any atom is 0.136 e. The van der Waals surface area contributed by atoms with Gasteiger partial charge >= 0.3 is 0 Å². The molecule has 0 aliphatic carbocycles. The van der Waals surface area contributed by atoms with Gasteiger partial charge in [0.05, 0.1) is 13.7 Å². The van der Waals surface area contributed by atoms with E-state index in [1.807, 2.05) is 25.1 Å². The van der Waals surface area contributed by atoms with Gasteiger partial charge in [0, 0.05) is 31.0 Å². The molecule has 0 unspecified atom stereocenters. The average Bonchev–Trinajstić information content (AvgIpc) is 2.48. The summed E-state index contributed by atoms with van der Waals surface area (Å²) in [6.07, 6.45) is 1.02. The normalized spacial score (nSPS) is 10.7. The molecule has 0 spiro atoms. The van der Waals surface area contributed by atoms with Crippen LogP contribution >= 0.6 is 0 Å². The number of hydrogen-bond acceptors (Lipinski definition) is 4. The third-order valence-corrected chi connectivity index (χ3v) is 3.29. The molecule has 4 nitrogen and oxygen atoms in total. The Labute approximate surface area is 121 Å². The highest BCUT2D eigenvalue weighted by Gasteiger charge is 2.09. The fourth-order valence-electron chi connectivity index (χ4n) is 1.78. The van der Waals surface area contributed by atoms with Gasteiger partial charge in [-0.25, -0.2) is 0 Å². The van der Waals surface area contributed by atoms with Gasteiger partial charge < -0.3 is 14.4 Å². The molecule has 0 bridgehead atoms. The maximum atomic E-state index is 11.3. The Bertz CT molecular complexity index is 432. The molecule has 1 aromatic carbocycles. The first-order chi connectivity index (χ1) is 9.60. The van der Waals surface area contributed by atoms with E-state index in [0.29, 0.717) is 19.4 Å². The minimum Gasteiger partial charge on any atom is -0.497 e. The van der Waals surface area contributed by atoms with E-state index in [4.69, 9.17) is 9.47 Å². The van der Waals surface area contributed by atoms with Crippen molar-refractivity contribution in [3.8, 4) is 11.5 Å². The second kappa shape index (κ2) is 8.59. The second-order valence-corrected chi connectivity index (χ2v) is 4.79. The molecule has 1 aromatic rings. The molecule has 1 rings (SSSR count). The van der Waals surface area contributed by atoms with Crippen LogP contribution in [0.25, 0.3) is 0 Å². The first-order valence-electron chi connectivity index (χ1n) is 7.10. The number of methoxy groups -OCH3 is 1. The first-order valence-corrected chi connectivity index (χ1v) is 7.10. The predicted octanol–water partition coefficient (Wildman–Crippen LogP) is 2.89. The van der Waals surface area contributed by atoms with Crippen LogP contribution in [-0.4, -0.2) is 38.0 Å². The average molecular weight is 279 g/mol. The molecule has 0 aromatic heterocycles. The summed E-state index contributed by atoms with van der Waals surface area (Å²) in [4.78, 5) is 13.5. The molecule has 0 saturated heterocycles. The van der Waals surface area contributed by atoms with E-state index in [0.717, 1.165) is 30.2 Å². The Hall–Kier alpha value is -1.55. The minimum atomic E-state index is 0.222. The number of carbonyl (C=O) groups is 1. The van der Waals surface area contributed by atoms with Crippen molar-refractivity contribution in [2.45, 2.75) is 33.2 Å². The van der Waals surface area contributed by atoms with Crippen LogP contribution in [0, 0.1) is 0 Å². The summed E-state index contributed by atoms with van der Waals surface area (Å²) < 4.78 is 11.0. The lowest BCUT2D eigenvalue weighted by Gasteiger charge is -2.18. The molecule has 4 heteroatoms. The number of rotatable bonds is 9. The number of nitrogens with zero attached hydrogens (tertiary/aromatic N) is 1. The molecule has 20 heavy (non-hydrogen) atoms. The summed E-state index contributed by atoms with van der Waals surface area (Å²) in [6, 6.07) is 5.83. The van der Waals surface area contributed by atoms with Crippen molar-refractivity contribution < 1.29 is 14.3 Å². The number of ketones is 1. The number of Topliss-reactive ketones (excluding diaryl/α,β-unsaturated/α-hetero) is 1. The van der Waals surface area contributed by atoms with Gasteiger partial charge in [0.2, 0.25) is 0 Å². The van der Waals surface area contributed by atoms with E-state index in [1.54, 1.807) is 7.11 Å². The molecule has 0 heterocycles. The van der Waals surface area contributed by atoms with Gasteiger partial charge in [0.25, 0.3) is 0 Å². The van der Waals surface area contributed by atoms with Crippen LogP contribution in [0.1, 0.15) is 32.3 Å². The molecule has 0 aliphatic rings. The molecule has 0 aliphatic heterocycles. The van der Waals surface area contributed by atoms with Crippen LogP contribution < -0.4 is 9.47 Å². The van der Waals surface area contributed by atoms with Gasteiger partial charge in [0.1, 0.15) is 17.3 Å². The van der Waals surface area contributed by atoms with E-state index in [1.165, 1.54) is 0 Å². The van der Waals surface area contributed by atoms with E-state index in [2.05, 4.69) is 18.9 Å². The quantitative estimate of drug-likeness (QED) is 0.696. The van der Waals surface area contributed by atoms with Crippen LogP contribution in [0.5, 0.6) is 11.5 Å².